The lowest BCUT2D eigenvalue weighted by atomic mass is 9.77. The summed E-state index contributed by atoms with van der Waals surface area (Å²) in [6.07, 6.45) is 1.93. The Hall–Kier alpha value is -3.10. The zero-order chi connectivity index (χ0) is 25.7. The van der Waals surface area contributed by atoms with Crippen LogP contribution in [0.3, 0.4) is 0 Å². The van der Waals surface area contributed by atoms with Crippen molar-refractivity contribution in [2.45, 2.75) is 58.4 Å². The lowest BCUT2D eigenvalue weighted by Gasteiger charge is -2.44. The number of likely N-dealkylation sites (tertiary alicyclic amines) is 1. The van der Waals surface area contributed by atoms with Gasteiger partial charge in [0.1, 0.15) is 5.82 Å². The van der Waals surface area contributed by atoms with E-state index in [1.807, 2.05) is 39.0 Å². The van der Waals surface area contributed by atoms with Gasteiger partial charge in [-0.2, -0.15) is 0 Å². The number of aryl methyl sites for hydroxylation is 1. The van der Waals surface area contributed by atoms with Gasteiger partial charge in [-0.05, 0) is 69.9 Å². The van der Waals surface area contributed by atoms with Crippen molar-refractivity contribution >= 4 is 23.4 Å². The fourth-order valence-electron chi connectivity index (χ4n) is 5.18. The molecule has 2 unspecified atom stereocenters. The molecule has 1 heterocycles. The number of hydrogen-bond donors (Lipinski definition) is 3. The zero-order valence-corrected chi connectivity index (χ0v) is 20.6. The maximum Gasteiger partial charge on any atom is 0.321 e. The molecule has 1 aliphatic heterocycles. The first-order valence-electron chi connectivity index (χ1n) is 12.0. The second-order valence-electron chi connectivity index (χ2n) is 10.5. The Morgan fingerprint density at radius 1 is 1.06 bits per heavy atom. The molecule has 2 aromatic rings. The second kappa shape index (κ2) is 10.7. The average molecular weight is 485 g/mol. The first-order valence-corrected chi connectivity index (χ1v) is 12.0. The van der Waals surface area contributed by atoms with Gasteiger partial charge >= 0.3 is 5.91 Å². The van der Waals surface area contributed by atoms with Crippen LogP contribution >= 0.6 is 0 Å². The maximum atomic E-state index is 14.2. The number of quaternary nitrogens is 1. The minimum Gasteiger partial charge on any atom is -0.321 e. The number of para-hydroxylation sites is 1. The van der Waals surface area contributed by atoms with Crippen molar-refractivity contribution in [3.63, 3.8) is 0 Å². The van der Waals surface area contributed by atoms with Crippen LogP contribution in [0.1, 0.15) is 52.0 Å². The quantitative estimate of drug-likeness (QED) is 0.282. The van der Waals surface area contributed by atoms with E-state index in [4.69, 9.17) is 0 Å². The molecule has 0 radical (unpaired) electrons. The number of nitrogens with zero attached hydrogens (tertiary/aromatic N) is 1. The van der Waals surface area contributed by atoms with E-state index in [9.17, 15) is 24.0 Å². The number of anilines is 1. The summed E-state index contributed by atoms with van der Waals surface area (Å²) in [6, 6.07) is 15.3. The molecule has 0 aromatic heterocycles. The molecule has 7 nitrogen and oxygen atoms in total. The molecule has 0 bridgehead atoms. The molecule has 0 saturated carbocycles. The summed E-state index contributed by atoms with van der Waals surface area (Å²) >= 11 is 0. The molecule has 3 N–H and O–H groups in total. The number of amides is 3. The minimum atomic E-state index is -1.01. The van der Waals surface area contributed by atoms with E-state index in [2.05, 4.69) is 5.32 Å². The summed E-state index contributed by atoms with van der Waals surface area (Å²) < 4.78 is 13.2. The van der Waals surface area contributed by atoms with E-state index in [0.717, 1.165) is 5.56 Å². The van der Waals surface area contributed by atoms with Crippen molar-refractivity contribution in [1.82, 2.24) is 5.48 Å². The molecule has 1 saturated heterocycles. The van der Waals surface area contributed by atoms with Crippen LogP contribution in [0.5, 0.6) is 0 Å². The Morgan fingerprint density at radius 2 is 1.71 bits per heavy atom. The number of carbonyl (C=O) groups excluding carboxylic acids is 3. The van der Waals surface area contributed by atoms with E-state index >= 15 is 0 Å². The number of carbonyl (C=O) groups is 3. The molecular formula is C27H35FN3O4+. The number of halogens is 1. The van der Waals surface area contributed by atoms with Crippen LogP contribution in [0.25, 0.3) is 0 Å². The Morgan fingerprint density at radius 3 is 2.31 bits per heavy atom. The molecule has 2 aromatic carbocycles. The topological polar surface area (TPSA) is 95.5 Å². The first-order chi connectivity index (χ1) is 16.5. The van der Waals surface area contributed by atoms with Gasteiger partial charge in [0.05, 0.1) is 17.5 Å². The van der Waals surface area contributed by atoms with E-state index in [1.54, 1.807) is 29.7 Å². The Balaban J connectivity index is 1.84. The van der Waals surface area contributed by atoms with Crippen LogP contribution < -0.4 is 10.8 Å². The third kappa shape index (κ3) is 5.94. The Bertz CT molecular complexity index is 1050. The monoisotopic (exact) mass is 484 g/mol. The molecule has 3 amide bonds. The molecule has 0 aliphatic carbocycles. The Labute approximate surface area is 205 Å². The van der Waals surface area contributed by atoms with Crippen molar-refractivity contribution in [2.75, 3.05) is 18.4 Å². The average Bonchev–Trinajstić information content (AvgIpc) is 3.08. The van der Waals surface area contributed by atoms with Crippen LogP contribution in [0, 0.1) is 11.2 Å². The maximum absolute atomic E-state index is 14.2. The molecule has 1 fully saturated rings. The van der Waals surface area contributed by atoms with Crippen LogP contribution in [-0.4, -0.2) is 46.0 Å². The first kappa shape index (κ1) is 26.5. The normalized spacial score (nSPS) is 22.1. The number of hydrogen-bond acceptors (Lipinski definition) is 4. The standard InChI is InChI=1S/C27H34FN3O4/c1-26(2,3)31(19-24(33)29-22-9-5-4-6-10-22)17-16-27(25(31)34,18-23(32)30-35)15-7-8-20-11-13-21(28)14-12-20/h4-6,9-14H,7-8,15-19H2,1-3H3,(H2-,29,30,32,33,35)/p+1. The summed E-state index contributed by atoms with van der Waals surface area (Å²) in [6.45, 7) is 6.17. The van der Waals surface area contributed by atoms with Gasteiger partial charge in [0.2, 0.25) is 5.91 Å². The van der Waals surface area contributed by atoms with Crippen LogP contribution in [0.15, 0.2) is 54.6 Å². The highest BCUT2D eigenvalue weighted by atomic mass is 19.1. The van der Waals surface area contributed by atoms with Gasteiger partial charge < -0.3 is 5.32 Å². The van der Waals surface area contributed by atoms with Crippen molar-refractivity contribution in [1.29, 1.82) is 0 Å². The number of rotatable bonds is 9. The number of hydroxylamine groups is 1. The highest BCUT2D eigenvalue weighted by molar-refractivity contribution is 5.94. The summed E-state index contributed by atoms with van der Waals surface area (Å²) in [5, 5.41) is 12.1. The van der Waals surface area contributed by atoms with Crippen LogP contribution in [0.4, 0.5) is 10.1 Å². The van der Waals surface area contributed by atoms with Crippen molar-refractivity contribution < 1.29 is 28.5 Å². The van der Waals surface area contributed by atoms with Gasteiger partial charge in [-0.25, -0.2) is 19.1 Å². The van der Waals surface area contributed by atoms with Crippen molar-refractivity contribution in [3.8, 4) is 0 Å². The summed E-state index contributed by atoms with van der Waals surface area (Å²) in [7, 11) is 0. The molecule has 0 spiro atoms. The van der Waals surface area contributed by atoms with E-state index in [-0.39, 0.29) is 35.1 Å². The zero-order valence-electron chi connectivity index (χ0n) is 20.6. The SMILES string of the molecule is CC(C)(C)[N+]1(CC(=O)Nc2ccccc2)CCC(CCCc2ccc(F)cc2)(CC(=O)NO)C1=O. The van der Waals surface area contributed by atoms with E-state index < -0.39 is 16.9 Å². The van der Waals surface area contributed by atoms with Gasteiger partial charge in [0.25, 0.3) is 5.91 Å². The predicted octanol–water partition coefficient (Wildman–Crippen LogP) is 4.21. The predicted molar refractivity (Wildman–Crippen MR) is 131 cm³/mol. The summed E-state index contributed by atoms with van der Waals surface area (Å²) in [5.74, 6) is -1.36. The third-order valence-electron chi connectivity index (χ3n) is 7.23. The van der Waals surface area contributed by atoms with Gasteiger partial charge in [0.15, 0.2) is 6.54 Å². The largest absolute Gasteiger partial charge is 0.321 e. The van der Waals surface area contributed by atoms with Crippen LogP contribution in [-0.2, 0) is 20.8 Å². The molecular weight excluding hydrogens is 449 g/mol. The molecule has 35 heavy (non-hydrogen) atoms. The van der Waals surface area contributed by atoms with Gasteiger partial charge in [0, 0.05) is 18.5 Å². The Kier molecular flexibility index (Phi) is 8.07. The lowest BCUT2D eigenvalue weighted by Crippen LogP contribution is -2.65. The number of nitrogens with one attached hydrogen (secondary N) is 2. The van der Waals surface area contributed by atoms with Gasteiger partial charge in [-0.3, -0.25) is 14.8 Å². The molecule has 3 rings (SSSR count). The van der Waals surface area contributed by atoms with Gasteiger partial charge in [-0.1, -0.05) is 30.3 Å². The molecule has 1 aliphatic rings. The summed E-state index contributed by atoms with van der Waals surface area (Å²) in [4.78, 5) is 39.5. The highest BCUT2D eigenvalue weighted by Crippen LogP contribution is 2.47. The fraction of sp³-hybridized carbons (Fsp3) is 0.444. The smallest absolute Gasteiger partial charge is 0.321 e. The fourth-order valence-corrected chi connectivity index (χ4v) is 5.18. The minimum absolute atomic E-state index is 0.0440. The lowest BCUT2D eigenvalue weighted by molar-refractivity contribution is -0.886. The van der Waals surface area contributed by atoms with Crippen molar-refractivity contribution in [2.24, 2.45) is 5.41 Å². The van der Waals surface area contributed by atoms with Crippen molar-refractivity contribution in [3.05, 3.63) is 66.0 Å². The highest BCUT2D eigenvalue weighted by Gasteiger charge is 2.63. The number of benzene rings is 2. The van der Waals surface area contributed by atoms with E-state index in [0.29, 0.717) is 37.9 Å². The molecule has 188 valence electrons. The summed E-state index contributed by atoms with van der Waals surface area (Å²) in [5.41, 5.74) is 1.68. The third-order valence-corrected chi connectivity index (χ3v) is 7.23. The second-order valence-corrected chi connectivity index (χ2v) is 10.5. The van der Waals surface area contributed by atoms with Gasteiger partial charge in [-0.15, -0.1) is 0 Å². The molecule has 8 heteroatoms. The van der Waals surface area contributed by atoms with E-state index in [1.165, 1.54) is 12.1 Å². The molecule has 2 atom stereocenters. The van der Waals surface area contributed by atoms with Crippen LogP contribution in [0.2, 0.25) is 0 Å².